The summed E-state index contributed by atoms with van der Waals surface area (Å²) < 4.78 is 6.99. The van der Waals surface area contributed by atoms with Crippen molar-refractivity contribution >= 4 is 11.9 Å². The Kier molecular flexibility index (Phi) is 5.76. The minimum absolute atomic E-state index is 0.0121. The van der Waals surface area contributed by atoms with Gasteiger partial charge in [-0.1, -0.05) is 0 Å². The van der Waals surface area contributed by atoms with Gasteiger partial charge in [0.05, 0.1) is 26.1 Å². The van der Waals surface area contributed by atoms with E-state index in [1.807, 2.05) is 13.8 Å². The molecule has 0 radical (unpaired) electrons. The Morgan fingerprint density at radius 2 is 2.00 bits per heavy atom. The summed E-state index contributed by atoms with van der Waals surface area (Å²) in [6.07, 6.45) is 5.02. The molecule has 2 rings (SSSR count). The van der Waals surface area contributed by atoms with Crippen LogP contribution in [0.25, 0.3) is 0 Å². The van der Waals surface area contributed by atoms with E-state index in [2.05, 4.69) is 15.6 Å². The Balaban J connectivity index is 1.99. The molecule has 0 aromatic carbocycles. The summed E-state index contributed by atoms with van der Waals surface area (Å²) in [6, 6.07) is -0.877. The van der Waals surface area contributed by atoms with Gasteiger partial charge in [0.2, 0.25) is 5.91 Å². The molecule has 1 aromatic rings. The van der Waals surface area contributed by atoms with Crippen LogP contribution in [0.2, 0.25) is 0 Å². The molecule has 122 valence electrons. The minimum atomic E-state index is -0.646. The van der Waals surface area contributed by atoms with Crippen LogP contribution in [0.15, 0.2) is 18.7 Å². The van der Waals surface area contributed by atoms with Crippen LogP contribution in [-0.4, -0.2) is 64.8 Å². The first kappa shape index (κ1) is 16.3. The van der Waals surface area contributed by atoms with Gasteiger partial charge in [-0.2, -0.15) is 0 Å². The minimum Gasteiger partial charge on any atom is -0.378 e. The molecule has 0 bridgehead atoms. The maximum Gasteiger partial charge on any atom is 0.318 e. The van der Waals surface area contributed by atoms with Crippen molar-refractivity contribution in [1.82, 2.24) is 25.1 Å². The summed E-state index contributed by atoms with van der Waals surface area (Å²) >= 11 is 0. The van der Waals surface area contributed by atoms with Crippen LogP contribution in [0.4, 0.5) is 4.79 Å². The van der Waals surface area contributed by atoms with E-state index in [9.17, 15) is 9.59 Å². The fourth-order valence-electron chi connectivity index (χ4n) is 2.19. The van der Waals surface area contributed by atoms with E-state index in [-0.39, 0.29) is 18.0 Å². The van der Waals surface area contributed by atoms with Gasteiger partial charge < -0.3 is 24.8 Å². The van der Waals surface area contributed by atoms with Crippen LogP contribution >= 0.6 is 0 Å². The molecule has 0 saturated carbocycles. The van der Waals surface area contributed by atoms with E-state index in [1.54, 1.807) is 28.2 Å². The number of urea groups is 1. The van der Waals surface area contributed by atoms with Gasteiger partial charge in [0.1, 0.15) is 6.04 Å². The largest absolute Gasteiger partial charge is 0.378 e. The third-order valence-corrected chi connectivity index (χ3v) is 3.30. The molecule has 2 heterocycles. The van der Waals surface area contributed by atoms with E-state index in [0.717, 1.165) is 0 Å². The Morgan fingerprint density at radius 3 is 2.59 bits per heavy atom. The van der Waals surface area contributed by atoms with Crippen molar-refractivity contribution in [2.24, 2.45) is 0 Å². The van der Waals surface area contributed by atoms with Crippen molar-refractivity contribution in [2.45, 2.75) is 32.5 Å². The highest BCUT2D eigenvalue weighted by molar-refractivity contribution is 5.87. The summed E-state index contributed by atoms with van der Waals surface area (Å²) in [7, 11) is 0. The zero-order valence-corrected chi connectivity index (χ0v) is 13.0. The Labute approximate surface area is 129 Å². The SMILES string of the molecule is CC(C)NC(=O)[C@H](Cn1ccnc1)NC(=O)N1CCOCC1. The van der Waals surface area contributed by atoms with Gasteiger partial charge in [-0.05, 0) is 13.8 Å². The van der Waals surface area contributed by atoms with E-state index >= 15 is 0 Å². The standard InChI is InChI=1S/C14H23N5O3/c1-11(2)16-13(20)12(9-18-4-3-15-10-18)17-14(21)19-5-7-22-8-6-19/h3-4,10-12H,5-9H2,1-2H3,(H,16,20)(H,17,21)/t12-/m0/s1. The van der Waals surface area contributed by atoms with Crippen LogP contribution in [0, 0.1) is 0 Å². The zero-order chi connectivity index (χ0) is 15.9. The summed E-state index contributed by atoms with van der Waals surface area (Å²) in [5.41, 5.74) is 0. The molecule has 1 fully saturated rings. The lowest BCUT2D eigenvalue weighted by molar-refractivity contribution is -0.123. The van der Waals surface area contributed by atoms with Gasteiger partial charge in [0, 0.05) is 31.5 Å². The number of carbonyl (C=O) groups is 2. The van der Waals surface area contributed by atoms with Crippen LogP contribution in [0.1, 0.15) is 13.8 Å². The lowest BCUT2D eigenvalue weighted by atomic mass is 10.2. The molecule has 22 heavy (non-hydrogen) atoms. The third kappa shape index (κ3) is 4.73. The normalized spacial score (nSPS) is 16.4. The first-order valence-electron chi connectivity index (χ1n) is 7.45. The second-order valence-electron chi connectivity index (χ2n) is 5.52. The van der Waals surface area contributed by atoms with Gasteiger partial charge in [-0.25, -0.2) is 9.78 Å². The second kappa shape index (κ2) is 7.79. The molecule has 1 saturated heterocycles. The number of hydrogen-bond acceptors (Lipinski definition) is 4. The molecule has 2 N–H and O–H groups in total. The fraction of sp³-hybridized carbons (Fsp3) is 0.643. The maximum absolute atomic E-state index is 12.3. The second-order valence-corrected chi connectivity index (χ2v) is 5.52. The number of nitrogens with one attached hydrogen (secondary N) is 2. The van der Waals surface area contributed by atoms with Crippen molar-refractivity contribution < 1.29 is 14.3 Å². The highest BCUT2D eigenvalue weighted by Gasteiger charge is 2.25. The van der Waals surface area contributed by atoms with E-state index < -0.39 is 6.04 Å². The van der Waals surface area contributed by atoms with Crippen LogP contribution in [0.3, 0.4) is 0 Å². The number of morpholine rings is 1. The monoisotopic (exact) mass is 309 g/mol. The highest BCUT2D eigenvalue weighted by atomic mass is 16.5. The van der Waals surface area contributed by atoms with Crippen molar-refractivity contribution in [3.8, 4) is 0 Å². The number of imidazole rings is 1. The van der Waals surface area contributed by atoms with Crippen molar-refractivity contribution in [2.75, 3.05) is 26.3 Å². The smallest absolute Gasteiger partial charge is 0.318 e. The number of rotatable bonds is 5. The predicted molar refractivity (Wildman–Crippen MR) is 80.2 cm³/mol. The van der Waals surface area contributed by atoms with Crippen molar-refractivity contribution in [1.29, 1.82) is 0 Å². The highest BCUT2D eigenvalue weighted by Crippen LogP contribution is 2.00. The summed E-state index contributed by atoms with van der Waals surface area (Å²) in [4.78, 5) is 30.2. The van der Waals surface area contributed by atoms with Crippen molar-refractivity contribution in [3.63, 3.8) is 0 Å². The quantitative estimate of drug-likeness (QED) is 0.789. The molecule has 1 atom stereocenters. The molecule has 8 nitrogen and oxygen atoms in total. The summed E-state index contributed by atoms with van der Waals surface area (Å²) in [5.74, 6) is -0.203. The van der Waals surface area contributed by atoms with Gasteiger partial charge in [-0.15, -0.1) is 0 Å². The molecular weight excluding hydrogens is 286 g/mol. The summed E-state index contributed by atoms with van der Waals surface area (Å²) in [6.45, 7) is 6.24. The van der Waals surface area contributed by atoms with Gasteiger partial charge in [-0.3, -0.25) is 4.79 Å². The molecular formula is C14H23N5O3. The zero-order valence-electron chi connectivity index (χ0n) is 13.0. The molecule has 1 aromatic heterocycles. The Hall–Kier alpha value is -2.09. The molecule has 0 aliphatic carbocycles. The number of amides is 3. The van der Waals surface area contributed by atoms with Gasteiger partial charge in [0.25, 0.3) is 0 Å². The molecule has 1 aliphatic heterocycles. The average molecular weight is 309 g/mol. The fourth-order valence-corrected chi connectivity index (χ4v) is 2.19. The third-order valence-electron chi connectivity index (χ3n) is 3.30. The number of nitrogens with zero attached hydrogens (tertiary/aromatic N) is 3. The van der Waals surface area contributed by atoms with Gasteiger partial charge >= 0.3 is 6.03 Å². The topological polar surface area (TPSA) is 88.5 Å². The molecule has 8 heteroatoms. The van der Waals surface area contributed by atoms with Crippen LogP contribution < -0.4 is 10.6 Å². The lowest BCUT2D eigenvalue weighted by Gasteiger charge is -2.29. The van der Waals surface area contributed by atoms with E-state index in [4.69, 9.17) is 4.74 Å². The number of ether oxygens (including phenoxy) is 1. The van der Waals surface area contributed by atoms with Crippen molar-refractivity contribution in [3.05, 3.63) is 18.7 Å². The Morgan fingerprint density at radius 1 is 1.27 bits per heavy atom. The first-order chi connectivity index (χ1) is 10.6. The number of carbonyl (C=O) groups excluding carboxylic acids is 2. The van der Waals surface area contributed by atoms with E-state index in [1.165, 1.54) is 0 Å². The Bertz CT molecular complexity index is 483. The number of hydrogen-bond donors (Lipinski definition) is 2. The van der Waals surface area contributed by atoms with Crippen LogP contribution in [-0.2, 0) is 16.1 Å². The van der Waals surface area contributed by atoms with Gasteiger partial charge in [0.15, 0.2) is 0 Å². The lowest BCUT2D eigenvalue weighted by Crippen LogP contribution is -2.55. The van der Waals surface area contributed by atoms with E-state index in [0.29, 0.717) is 32.8 Å². The molecule has 1 aliphatic rings. The molecule has 3 amide bonds. The summed E-state index contributed by atoms with van der Waals surface area (Å²) in [5, 5.41) is 5.63. The number of aromatic nitrogens is 2. The first-order valence-corrected chi connectivity index (χ1v) is 7.45. The van der Waals surface area contributed by atoms with Crippen LogP contribution in [0.5, 0.6) is 0 Å². The average Bonchev–Trinajstić information content (AvgIpc) is 2.99. The molecule has 0 spiro atoms. The maximum atomic E-state index is 12.3. The predicted octanol–water partition coefficient (Wildman–Crippen LogP) is -0.182. The molecule has 0 unspecified atom stereocenters.